The van der Waals surface area contributed by atoms with E-state index in [0.717, 1.165) is 4.57 Å². The minimum atomic E-state index is -1.11. The molecule has 2 aromatic heterocycles. The predicted molar refractivity (Wildman–Crippen MR) is 84.3 cm³/mol. The molecule has 114 valence electrons. The maximum Gasteiger partial charge on any atom is 0.332 e. The maximum atomic E-state index is 12.2. The summed E-state index contributed by atoms with van der Waals surface area (Å²) in [6, 6.07) is 7.08. The highest BCUT2D eigenvalue weighted by atomic mass is 32.2. The van der Waals surface area contributed by atoms with Crippen LogP contribution < -0.4 is 11.2 Å². The molecule has 7 nitrogen and oxygen atoms in total. The highest BCUT2D eigenvalue weighted by Gasteiger charge is 2.14. The van der Waals surface area contributed by atoms with Gasteiger partial charge in [0.15, 0.2) is 5.65 Å². The van der Waals surface area contributed by atoms with Crippen LogP contribution in [0.5, 0.6) is 0 Å². The van der Waals surface area contributed by atoms with Crippen molar-refractivity contribution >= 4 is 22.0 Å². The van der Waals surface area contributed by atoms with Gasteiger partial charge in [0.25, 0.3) is 5.56 Å². The van der Waals surface area contributed by atoms with Crippen LogP contribution in [-0.4, -0.2) is 29.6 Å². The van der Waals surface area contributed by atoms with Crippen molar-refractivity contribution in [3.8, 4) is 11.4 Å². The van der Waals surface area contributed by atoms with Crippen LogP contribution in [-0.2, 0) is 24.9 Å². The Morgan fingerprint density at radius 3 is 2.59 bits per heavy atom. The van der Waals surface area contributed by atoms with Gasteiger partial charge in [0.05, 0.1) is 0 Å². The fraction of sp³-hybridized carbons (Fsp3) is 0.214. The van der Waals surface area contributed by atoms with Crippen LogP contribution in [0.25, 0.3) is 22.6 Å². The number of aryl methyl sites for hydroxylation is 1. The molecule has 0 fully saturated rings. The van der Waals surface area contributed by atoms with Crippen LogP contribution in [0, 0.1) is 0 Å². The summed E-state index contributed by atoms with van der Waals surface area (Å²) in [7, 11) is 1.87. The molecule has 0 radical (unpaired) electrons. The van der Waals surface area contributed by atoms with E-state index in [9.17, 15) is 13.8 Å². The third-order valence-corrected chi connectivity index (χ3v) is 4.45. The molecule has 0 aliphatic heterocycles. The first-order valence-corrected chi connectivity index (χ1v) is 8.05. The van der Waals surface area contributed by atoms with E-state index in [2.05, 4.69) is 9.97 Å². The highest BCUT2D eigenvalue weighted by Crippen LogP contribution is 2.20. The zero-order valence-corrected chi connectivity index (χ0v) is 13.1. The van der Waals surface area contributed by atoms with E-state index < -0.39 is 22.0 Å². The smallest absolute Gasteiger partial charge is 0.332 e. The minimum absolute atomic E-state index is 0.266. The van der Waals surface area contributed by atoms with Gasteiger partial charge in [-0.2, -0.15) is 0 Å². The Kier molecular flexibility index (Phi) is 3.32. The lowest BCUT2D eigenvalue weighted by Crippen LogP contribution is -2.36. The summed E-state index contributed by atoms with van der Waals surface area (Å²) >= 11 is 0. The lowest BCUT2D eigenvalue weighted by atomic mass is 10.2. The van der Waals surface area contributed by atoms with E-state index in [1.807, 2.05) is 0 Å². The van der Waals surface area contributed by atoms with Gasteiger partial charge >= 0.3 is 5.69 Å². The van der Waals surface area contributed by atoms with Crippen LogP contribution in [0.15, 0.2) is 38.8 Å². The first kappa shape index (κ1) is 14.5. The van der Waals surface area contributed by atoms with E-state index in [4.69, 9.17) is 0 Å². The van der Waals surface area contributed by atoms with Crippen LogP contribution >= 0.6 is 0 Å². The second kappa shape index (κ2) is 5.06. The number of rotatable bonds is 2. The number of aromatic nitrogens is 4. The summed E-state index contributed by atoms with van der Waals surface area (Å²) in [5, 5.41) is 0. The second-order valence-electron chi connectivity index (χ2n) is 4.97. The van der Waals surface area contributed by atoms with Crippen molar-refractivity contribution in [3.05, 3.63) is 45.1 Å². The van der Waals surface area contributed by atoms with E-state index in [-0.39, 0.29) is 5.52 Å². The number of fused-ring (bicyclic) bond motifs is 1. The number of imidazole rings is 1. The molecule has 0 aliphatic rings. The topological polar surface area (TPSA) is 89.8 Å². The largest absolute Gasteiger partial charge is 0.332 e. The average molecular weight is 318 g/mol. The van der Waals surface area contributed by atoms with Crippen molar-refractivity contribution in [2.24, 2.45) is 14.1 Å². The quantitative estimate of drug-likeness (QED) is 0.739. The van der Waals surface area contributed by atoms with Gasteiger partial charge in [-0.25, -0.2) is 9.78 Å². The highest BCUT2D eigenvalue weighted by molar-refractivity contribution is 7.84. The number of benzene rings is 1. The molecular weight excluding hydrogens is 304 g/mol. The zero-order chi connectivity index (χ0) is 16.0. The Labute approximate surface area is 127 Å². The predicted octanol–water partition coefficient (Wildman–Crippen LogP) is 0.365. The van der Waals surface area contributed by atoms with Crippen molar-refractivity contribution in [2.45, 2.75) is 4.90 Å². The van der Waals surface area contributed by atoms with Gasteiger partial charge in [0.1, 0.15) is 11.3 Å². The van der Waals surface area contributed by atoms with Crippen molar-refractivity contribution in [1.82, 2.24) is 19.1 Å². The Hall–Kier alpha value is -2.48. The molecular formula is C14H14N4O3S. The number of nitrogens with one attached hydrogen (secondary N) is 1. The van der Waals surface area contributed by atoms with Crippen LogP contribution in [0.4, 0.5) is 0 Å². The van der Waals surface area contributed by atoms with Crippen LogP contribution in [0.1, 0.15) is 0 Å². The molecule has 1 atom stereocenters. The zero-order valence-electron chi connectivity index (χ0n) is 12.3. The summed E-state index contributed by atoms with van der Waals surface area (Å²) in [4.78, 5) is 32.0. The molecule has 3 aromatic rings. The number of hydrogen-bond donors (Lipinski definition) is 1. The fourth-order valence-corrected chi connectivity index (χ4v) is 2.85. The molecule has 0 amide bonds. The molecule has 8 heteroatoms. The number of aromatic amines is 1. The van der Waals surface area contributed by atoms with Crippen LogP contribution in [0.3, 0.4) is 0 Å². The van der Waals surface area contributed by atoms with E-state index >= 15 is 0 Å². The summed E-state index contributed by atoms with van der Waals surface area (Å²) < 4.78 is 13.9. The van der Waals surface area contributed by atoms with Crippen LogP contribution in [0.2, 0.25) is 0 Å². The fourth-order valence-electron chi connectivity index (χ4n) is 2.28. The molecule has 1 aromatic carbocycles. The van der Waals surface area contributed by atoms with E-state index in [1.54, 1.807) is 37.6 Å². The summed E-state index contributed by atoms with van der Waals surface area (Å²) in [5.41, 5.74) is 0.415. The van der Waals surface area contributed by atoms with Gasteiger partial charge in [-0.1, -0.05) is 12.1 Å². The normalized spacial score (nSPS) is 12.7. The molecule has 0 saturated carbocycles. The molecule has 0 spiro atoms. The Morgan fingerprint density at radius 1 is 1.18 bits per heavy atom. The minimum Gasteiger partial charge on any atom is -0.332 e. The SMILES string of the molecule is Cn1c(=O)c2[nH]c(-c3cccc(S(C)=O)c3)nc2n(C)c1=O. The third kappa shape index (κ3) is 2.12. The molecule has 1 unspecified atom stereocenters. The summed E-state index contributed by atoms with van der Waals surface area (Å²) in [6.45, 7) is 0. The van der Waals surface area contributed by atoms with Gasteiger partial charge in [0.2, 0.25) is 0 Å². The van der Waals surface area contributed by atoms with Crippen molar-refractivity contribution < 1.29 is 4.21 Å². The van der Waals surface area contributed by atoms with Crippen molar-refractivity contribution in [2.75, 3.05) is 6.26 Å². The molecule has 3 rings (SSSR count). The van der Waals surface area contributed by atoms with Gasteiger partial charge in [-0.05, 0) is 12.1 Å². The molecule has 0 bridgehead atoms. The molecule has 22 heavy (non-hydrogen) atoms. The number of H-pyrrole nitrogens is 1. The lowest BCUT2D eigenvalue weighted by molar-refractivity contribution is 0.687. The Morgan fingerprint density at radius 2 is 1.91 bits per heavy atom. The average Bonchev–Trinajstić information content (AvgIpc) is 2.96. The first-order chi connectivity index (χ1) is 10.4. The first-order valence-electron chi connectivity index (χ1n) is 6.49. The second-order valence-corrected chi connectivity index (χ2v) is 6.35. The third-order valence-electron chi connectivity index (χ3n) is 3.53. The molecule has 0 aliphatic carbocycles. The molecule has 2 heterocycles. The van der Waals surface area contributed by atoms with Gasteiger partial charge in [-0.15, -0.1) is 0 Å². The Bertz CT molecular complexity index is 1030. The van der Waals surface area contributed by atoms with Crippen molar-refractivity contribution in [1.29, 1.82) is 0 Å². The lowest BCUT2D eigenvalue weighted by Gasteiger charge is -2.00. The number of hydrogen-bond acceptors (Lipinski definition) is 4. The molecule has 1 N–H and O–H groups in total. The van der Waals surface area contributed by atoms with Gasteiger partial charge in [-0.3, -0.25) is 18.1 Å². The van der Waals surface area contributed by atoms with E-state index in [1.165, 1.54) is 11.6 Å². The monoisotopic (exact) mass is 318 g/mol. The summed E-state index contributed by atoms with van der Waals surface area (Å²) in [6.07, 6.45) is 1.59. The Balaban J connectivity index is 2.30. The maximum absolute atomic E-state index is 12.2. The standard InChI is InChI=1S/C14H14N4O3S/c1-17-12-10(13(19)18(2)14(17)20)15-11(16-12)8-5-4-6-9(7-8)22(3)21/h4-7H,1-3H3,(H,15,16). The van der Waals surface area contributed by atoms with Crippen molar-refractivity contribution in [3.63, 3.8) is 0 Å². The molecule has 0 saturated heterocycles. The number of nitrogens with zero attached hydrogens (tertiary/aromatic N) is 3. The summed E-state index contributed by atoms with van der Waals surface area (Å²) in [5.74, 6) is 0.459. The van der Waals surface area contributed by atoms with E-state index in [0.29, 0.717) is 21.9 Å². The van der Waals surface area contributed by atoms with Gasteiger partial charge < -0.3 is 4.98 Å². The van der Waals surface area contributed by atoms with Gasteiger partial charge in [0, 0.05) is 41.6 Å².